The Kier molecular flexibility index (Phi) is 6.44. The first-order chi connectivity index (χ1) is 5.63. The van der Waals surface area contributed by atoms with E-state index in [1.807, 2.05) is 20.8 Å². The van der Waals surface area contributed by atoms with Crippen molar-refractivity contribution in [1.82, 2.24) is 0 Å². The van der Waals surface area contributed by atoms with E-state index in [1.165, 1.54) is 0 Å². The molecule has 3 heteroatoms. The monoisotopic (exact) mass is 192 g/mol. The highest BCUT2D eigenvalue weighted by Crippen LogP contribution is 2.15. The van der Waals surface area contributed by atoms with Crippen LogP contribution in [0.2, 0.25) is 0 Å². The molecule has 72 valence electrons. The molecule has 0 aromatic rings. The summed E-state index contributed by atoms with van der Waals surface area (Å²) < 4.78 is 10.6. The molecule has 0 saturated heterocycles. The topological polar surface area (TPSA) is 18.5 Å². The lowest BCUT2D eigenvalue weighted by Crippen LogP contribution is -2.28. The lowest BCUT2D eigenvalue weighted by Gasteiger charge is -2.21. The van der Waals surface area contributed by atoms with Gasteiger partial charge in [-0.2, -0.15) is 0 Å². The lowest BCUT2D eigenvalue weighted by atomic mass is 10.2. The molecule has 0 aliphatic heterocycles. The summed E-state index contributed by atoms with van der Waals surface area (Å²) in [5.74, 6) is 0. The SMILES string of the molecule is C=C(C)C(Cl)C(OCC)OCC. The fourth-order valence-electron chi connectivity index (χ4n) is 0.778. The third kappa shape index (κ3) is 4.10. The third-order valence-corrected chi connectivity index (χ3v) is 1.95. The zero-order valence-electron chi connectivity index (χ0n) is 7.97. The highest BCUT2D eigenvalue weighted by molar-refractivity contribution is 6.22. The molecule has 2 nitrogen and oxygen atoms in total. The van der Waals surface area contributed by atoms with Gasteiger partial charge in [0.2, 0.25) is 0 Å². The van der Waals surface area contributed by atoms with E-state index in [2.05, 4.69) is 6.58 Å². The Morgan fingerprint density at radius 1 is 1.33 bits per heavy atom. The molecule has 0 amide bonds. The van der Waals surface area contributed by atoms with Gasteiger partial charge in [-0.1, -0.05) is 12.2 Å². The molecule has 0 aliphatic rings. The van der Waals surface area contributed by atoms with Crippen LogP contribution < -0.4 is 0 Å². The molecule has 0 aliphatic carbocycles. The summed E-state index contributed by atoms with van der Waals surface area (Å²) in [4.78, 5) is 0. The van der Waals surface area contributed by atoms with Gasteiger partial charge >= 0.3 is 0 Å². The van der Waals surface area contributed by atoms with E-state index in [-0.39, 0.29) is 11.7 Å². The zero-order chi connectivity index (χ0) is 9.56. The molecule has 0 heterocycles. The van der Waals surface area contributed by atoms with Crippen LogP contribution in [0, 0.1) is 0 Å². The van der Waals surface area contributed by atoms with Crippen molar-refractivity contribution in [3.63, 3.8) is 0 Å². The fourth-order valence-corrected chi connectivity index (χ4v) is 0.923. The predicted octanol–water partition coefficient (Wildman–Crippen LogP) is 2.57. The number of ether oxygens (including phenoxy) is 2. The van der Waals surface area contributed by atoms with E-state index >= 15 is 0 Å². The molecule has 0 saturated carbocycles. The fraction of sp³-hybridized carbons (Fsp3) is 0.778. The Morgan fingerprint density at radius 3 is 2.00 bits per heavy atom. The van der Waals surface area contributed by atoms with E-state index in [9.17, 15) is 0 Å². The van der Waals surface area contributed by atoms with Crippen LogP contribution >= 0.6 is 11.6 Å². The first kappa shape index (κ1) is 11.9. The van der Waals surface area contributed by atoms with Crippen LogP contribution in [-0.4, -0.2) is 24.9 Å². The van der Waals surface area contributed by atoms with Gasteiger partial charge in [-0.25, -0.2) is 0 Å². The number of hydrogen-bond acceptors (Lipinski definition) is 2. The van der Waals surface area contributed by atoms with Gasteiger partial charge in [0.1, 0.15) is 5.38 Å². The van der Waals surface area contributed by atoms with Gasteiger partial charge in [-0.15, -0.1) is 11.6 Å². The van der Waals surface area contributed by atoms with Crippen LogP contribution in [0.15, 0.2) is 12.2 Å². The minimum Gasteiger partial charge on any atom is -0.351 e. The molecule has 0 rings (SSSR count). The van der Waals surface area contributed by atoms with Crippen LogP contribution in [0.1, 0.15) is 20.8 Å². The van der Waals surface area contributed by atoms with Crippen LogP contribution in [-0.2, 0) is 9.47 Å². The first-order valence-electron chi connectivity index (χ1n) is 4.16. The van der Waals surface area contributed by atoms with Crippen molar-refractivity contribution in [3.8, 4) is 0 Å². The smallest absolute Gasteiger partial charge is 0.177 e. The van der Waals surface area contributed by atoms with Crippen molar-refractivity contribution in [1.29, 1.82) is 0 Å². The molecule has 1 unspecified atom stereocenters. The Hall–Kier alpha value is -0.0500. The summed E-state index contributed by atoms with van der Waals surface area (Å²) in [6.07, 6.45) is -0.362. The van der Waals surface area contributed by atoms with Gasteiger partial charge in [-0.05, 0) is 20.8 Å². The molecule has 1 atom stereocenters. The summed E-state index contributed by atoms with van der Waals surface area (Å²) in [5, 5.41) is -0.259. The van der Waals surface area contributed by atoms with Crippen LogP contribution in [0.3, 0.4) is 0 Å². The van der Waals surface area contributed by atoms with E-state index < -0.39 is 0 Å². The molecule has 0 radical (unpaired) electrons. The molecular weight excluding hydrogens is 176 g/mol. The maximum atomic E-state index is 5.99. The quantitative estimate of drug-likeness (QED) is 0.366. The Balaban J connectivity index is 3.98. The highest BCUT2D eigenvalue weighted by atomic mass is 35.5. The van der Waals surface area contributed by atoms with Gasteiger partial charge in [0.05, 0.1) is 0 Å². The zero-order valence-corrected chi connectivity index (χ0v) is 8.73. The van der Waals surface area contributed by atoms with Gasteiger partial charge < -0.3 is 9.47 Å². The third-order valence-electron chi connectivity index (χ3n) is 1.37. The van der Waals surface area contributed by atoms with Gasteiger partial charge in [0.15, 0.2) is 6.29 Å². The van der Waals surface area contributed by atoms with Gasteiger partial charge in [0.25, 0.3) is 0 Å². The van der Waals surface area contributed by atoms with Crippen LogP contribution in [0.4, 0.5) is 0 Å². The summed E-state index contributed by atoms with van der Waals surface area (Å²) in [6, 6.07) is 0. The van der Waals surface area contributed by atoms with Crippen LogP contribution in [0.5, 0.6) is 0 Å². The average molecular weight is 193 g/mol. The number of halogens is 1. The molecule has 0 N–H and O–H groups in total. The Morgan fingerprint density at radius 2 is 1.75 bits per heavy atom. The lowest BCUT2D eigenvalue weighted by molar-refractivity contribution is -0.132. The largest absolute Gasteiger partial charge is 0.351 e. The highest BCUT2D eigenvalue weighted by Gasteiger charge is 2.19. The molecule has 12 heavy (non-hydrogen) atoms. The van der Waals surface area contributed by atoms with Crippen molar-refractivity contribution >= 4 is 11.6 Å². The maximum absolute atomic E-state index is 5.99. The average Bonchev–Trinajstić information content (AvgIpc) is 2.03. The van der Waals surface area contributed by atoms with Crippen LogP contribution in [0.25, 0.3) is 0 Å². The first-order valence-corrected chi connectivity index (χ1v) is 4.59. The number of hydrogen-bond donors (Lipinski definition) is 0. The molecule has 0 fully saturated rings. The van der Waals surface area contributed by atoms with Crippen molar-refractivity contribution in [2.45, 2.75) is 32.4 Å². The second-order valence-electron chi connectivity index (χ2n) is 2.53. The van der Waals surface area contributed by atoms with E-state index in [4.69, 9.17) is 21.1 Å². The van der Waals surface area contributed by atoms with E-state index in [1.54, 1.807) is 0 Å². The Bertz CT molecular complexity index is 130. The van der Waals surface area contributed by atoms with Crippen molar-refractivity contribution in [2.24, 2.45) is 0 Å². The van der Waals surface area contributed by atoms with Crippen molar-refractivity contribution in [3.05, 3.63) is 12.2 Å². The molecule has 0 aromatic carbocycles. The standard InChI is InChI=1S/C9H17ClO2/c1-5-11-9(12-6-2)8(10)7(3)4/h8-9H,3,5-6H2,1-2,4H3. The summed E-state index contributed by atoms with van der Waals surface area (Å²) in [6.45, 7) is 10.6. The molecule has 0 spiro atoms. The minimum atomic E-state index is -0.362. The van der Waals surface area contributed by atoms with E-state index in [0.29, 0.717) is 13.2 Å². The summed E-state index contributed by atoms with van der Waals surface area (Å²) >= 11 is 5.99. The number of alkyl halides is 1. The maximum Gasteiger partial charge on any atom is 0.177 e. The van der Waals surface area contributed by atoms with Crippen molar-refractivity contribution < 1.29 is 9.47 Å². The second-order valence-corrected chi connectivity index (χ2v) is 3.00. The molecule has 0 bridgehead atoms. The number of rotatable bonds is 6. The Labute approximate surface area is 79.5 Å². The predicted molar refractivity (Wildman–Crippen MR) is 51.5 cm³/mol. The molecule has 0 aromatic heterocycles. The summed E-state index contributed by atoms with van der Waals surface area (Å²) in [5.41, 5.74) is 0.864. The van der Waals surface area contributed by atoms with Gasteiger partial charge in [0, 0.05) is 13.2 Å². The summed E-state index contributed by atoms with van der Waals surface area (Å²) in [7, 11) is 0. The van der Waals surface area contributed by atoms with Gasteiger partial charge in [-0.3, -0.25) is 0 Å². The molecular formula is C9H17ClO2. The minimum absolute atomic E-state index is 0.259. The van der Waals surface area contributed by atoms with Crippen molar-refractivity contribution in [2.75, 3.05) is 13.2 Å². The normalized spacial score (nSPS) is 13.4. The second kappa shape index (κ2) is 6.46. The van der Waals surface area contributed by atoms with E-state index in [0.717, 1.165) is 5.57 Å².